The van der Waals surface area contributed by atoms with E-state index in [9.17, 15) is 9.59 Å². The Morgan fingerprint density at radius 3 is 1.94 bits per heavy atom. The van der Waals surface area contributed by atoms with Crippen LogP contribution in [0.15, 0.2) is 0 Å². The summed E-state index contributed by atoms with van der Waals surface area (Å²) in [5.41, 5.74) is 0. The second-order valence-electron chi connectivity index (χ2n) is 4.85. The molecule has 0 aliphatic carbocycles. The van der Waals surface area contributed by atoms with Crippen molar-refractivity contribution in [3.8, 4) is 0 Å². The summed E-state index contributed by atoms with van der Waals surface area (Å²) in [6, 6.07) is 0. The average molecular weight is 242 g/mol. The van der Waals surface area contributed by atoms with Crippen LogP contribution in [0.25, 0.3) is 0 Å². The summed E-state index contributed by atoms with van der Waals surface area (Å²) in [4.78, 5) is 26.5. The van der Waals surface area contributed by atoms with Gasteiger partial charge in [-0.3, -0.25) is 9.59 Å². The molecule has 0 aromatic heterocycles. The van der Waals surface area contributed by atoms with Crippen LogP contribution in [0.1, 0.15) is 26.7 Å². The summed E-state index contributed by atoms with van der Waals surface area (Å²) in [5.74, 6) is 0.463. The lowest BCUT2D eigenvalue weighted by atomic mass is 10.1. The molecule has 1 fully saturated rings. The monoisotopic (exact) mass is 242 g/mol. The molecule has 1 N–H and O–H groups in total. The summed E-state index contributed by atoms with van der Waals surface area (Å²) in [6.07, 6.45) is 1.50. The molecule has 0 saturated carbocycles. The first-order valence-corrected chi connectivity index (χ1v) is 6.21. The number of hydrogen-bond donors (Lipinski definition) is 1. The molecule has 0 bridgehead atoms. The zero-order valence-corrected chi connectivity index (χ0v) is 10.7. The summed E-state index contributed by atoms with van der Waals surface area (Å²) < 4.78 is 0. The number of hydrogen-bond acceptors (Lipinski definition) is 3. The Labute approximate surface area is 102 Å². The van der Waals surface area contributed by atoms with Crippen molar-refractivity contribution in [1.29, 1.82) is 0 Å². The third kappa shape index (κ3) is 4.34. The minimum absolute atomic E-state index is 0.176. The normalized spacial score (nSPS) is 16.5. The number of carbonyl (C=O) groups excluding carboxylic acids is 2. The third-order valence-corrected chi connectivity index (χ3v) is 3.06. The van der Waals surface area contributed by atoms with E-state index >= 15 is 0 Å². The molecule has 98 valence electrons. The van der Waals surface area contributed by atoms with Gasteiger partial charge in [-0.05, 0) is 12.3 Å². The zero-order valence-electron chi connectivity index (χ0n) is 10.7. The van der Waals surface area contributed by atoms with Gasteiger partial charge in [0.25, 0.3) is 0 Å². The standard InChI is InChI=1S/C12H22N2O3/c1-10(2)3-4-11(16)13-5-7-14(8-6-13)12(17)9-15/h10,15H,3-9H2,1-2H3. The molecule has 5 nitrogen and oxygen atoms in total. The van der Waals surface area contributed by atoms with Crippen LogP contribution in [0.4, 0.5) is 0 Å². The quantitative estimate of drug-likeness (QED) is 0.760. The van der Waals surface area contributed by atoms with E-state index in [1.54, 1.807) is 4.90 Å². The second kappa shape index (κ2) is 6.59. The van der Waals surface area contributed by atoms with Gasteiger partial charge >= 0.3 is 0 Å². The van der Waals surface area contributed by atoms with Gasteiger partial charge in [0, 0.05) is 32.6 Å². The highest BCUT2D eigenvalue weighted by Crippen LogP contribution is 2.09. The molecule has 1 aliphatic heterocycles. The number of piperazine rings is 1. The molecule has 0 atom stereocenters. The number of aliphatic hydroxyl groups excluding tert-OH is 1. The molecule has 1 aliphatic rings. The molecule has 5 heteroatoms. The predicted octanol–water partition coefficient (Wildman–Crippen LogP) is 0.0857. The number of aliphatic hydroxyl groups is 1. The van der Waals surface area contributed by atoms with Crippen LogP contribution in [0.2, 0.25) is 0 Å². The first-order chi connectivity index (χ1) is 8.04. The van der Waals surface area contributed by atoms with E-state index < -0.39 is 6.61 Å². The Balaban J connectivity index is 2.31. The third-order valence-electron chi connectivity index (χ3n) is 3.06. The van der Waals surface area contributed by atoms with Gasteiger partial charge in [0.05, 0.1) is 0 Å². The van der Waals surface area contributed by atoms with Crippen LogP contribution in [-0.2, 0) is 9.59 Å². The minimum Gasteiger partial charge on any atom is -0.387 e. The van der Waals surface area contributed by atoms with Gasteiger partial charge in [-0.15, -0.1) is 0 Å². The molecule has 17 heavy (non-hydrogen) atoms. The molecule has 1 heterocycles. The fraction of sp³-hybridized carbons (Fsp3) is 0.833. The fourth-order valence-electron chi connectivity index (χ4n) is 1.88. The highest BCUT2D eigenvalue weighted by Gasteiger charge is 2.23. The molecule has 0 aromatic rings. The lowest BCUT2D eigenvalue weighted by Crippen LogP contribution is -2.51. The molecule has 1 rings (SSSR count). The molecule has 2 amide bonds. The molecular formula is C12H22N2O3. The Bertz CT molecular complexity index is 271. The maximum absolute atomic E-state index is 11.8. The van der Waals surface area contributed by atoms with Crippen molar-refractivity contribution in [2.45, 2.75) is 26.7 Å². The van der Waals surface area contributed by atoms with Gasteiger partial charge in [0.1, 0.15) is 6.61 Å². The van der Waals surface area contributed by atoms with Gasteiger partial charge in [0.15, 0.2) is 0 Å². The largest absolute Gasteiger partial charge is 0.387 e. The molecule has 0 unspecified atom stereocenters. The van der Waals surface area contributed by atoms with Crippen molar-refractivity contribution in [3.05, 3.63) is 0 Å². The zero-order chi connectivity index (χ0) is 12.8. The highest BCUT2D eigenvalue weighted by atomic mass is 16.3. The lowest BCUT2D eigenvalue weighted by Gasteiger charge is -2.34. The maximum atomic E-state index is 11.8. The van der Waals surface area contributed by atoms with Gasteiger partial charge in [-0.1, -0.05) is 13.8 Å². The maximum Gasteiger partial charge on any atom is 0.248 e. The first-order valence-electron chi connectivity index (χ1n) is 6.21. The fourth-order valence-corrected chi connectivity index (χ4v) is 1.88. The van der Waals surface area contributed by atoms with E-state index in [4.69, 9.17) is 5.11 Å². The van der Waals surface area contributed by atoms with Crippen LogP contribution in [0.3, 0.4) is 0 Å². The Morgan fingerprint density at radius 1 is 1.06 bits per heavy atom. The minimum atomic E-state index is -0.443. The molecular weight excluding hydrogens is 220 g/mol. The van der Waals surface area contributed by atoms with Crippen molar-refractivity contribution < 1.29 is 14.7 Å². The number of nitrogens with zero attached hydrogens (tertiary/aromatic N) is 2. The lowest BCUT2D eigenvalue weighted by molar-refractivity contribution is -0.141. The van der Waals surface area contributed by atoms with E-state index in [-0.39, 0.29) is 11.8 Å². The SMILES string of the molecule is CC(C)CCC(=O)N1CCN(C(=O)CO)CC1. The number of rotatable bonds is 4. The molecule has 0 spiro atoms. The molecule has 0 radical (unpaired) electrons. The van der Waals surface area contributed by atoms with Crippen molar-refractivity contribution >= 4 is 11.8 Å². The summed E-state index contributed by atoms with van der Waals surface area (Å²) >= 11 is 0. The number of carbonyl (C=O) groups is 2. The molecule has 0 aromatic carbocycles. The van der Waals surface area contributed by atoms with E-state index in [0.717, 1.165) is 6.42 Å². The van der Waals surface area contributed by atoms with Crippen LogP contribution in [0, 0.1) is 5.92 Å². The van der Waals surface area contributed by atoms with Gasteiger partial charge in [-0.2, -0.15) is 0 Å². The van der Waals surface area contributed by atoms with E-state index in [2.05, 4.69) is 13.8 Å². The van der Waals surface area contributed by atoms with Gasteiger partial charge in [-0.25, -0.2) is 0 Å². The van der Waals surface area contributed by atoms with Crippen molar-refractivity contribution in [2.75, 3.05) is 32.8 Å². The summed E-state index contributed by atoms with van der Waals surface area (Å²) in [5, 5.41) is 8.74. The van der Waals surface area contributed by atoms with Crippen molar-refractivity contribution in [1.82, 2.24) is 9.80 Å². The second-order valence-corrected chi connectivity index (χ2v) is 4.85. The predicted molar refractivity (Wildman–Crippen MR) is 64.3 cm³/mol. The Hall–Kier alpha value is -1.10. The summed E-state index contributed by atoms with van der Waals surface area (Å²) in [7, 11) is 0. The van der Waals surface area contributed by atoms with Gasteiger partial charge in [0.2, 0.25) is 11.8 Å². The van der Waals surface area contributed by atoms with Crippen molar-refractivity contribution in [2.24, 2.45) is 5.92 Å². The van der Waals surface area contributed by atoms with Crippen LogP contribution < -0.4 is 0 Å². The number of amides is 2. The van der Waals surface area contributed by atoms with Crippen LogP contribution in [-0.4, -0.2) is 59.5 Å². The topological polar surface area (TPSA) is 60.9 Å². The Kier molecular flexibility index (Phi) is 5.41. The highest BCUT2D eigenvalue weighted by molar-refractivity contribution is 5.79. The average Bonchev–Trinajstić information content (AvgIpc) is 2.35. The molecule has 1 saturated heterocycles. The first kappa shape index (κ1) is 14.0. The van der Waals surface area contributed by atoms with E-state index in [0.29, 0.717) is 38.5 Å². The van der Waals surface area contributed by atoms with Crippen molar-refractivity contribution in [3.63, 3.8) is 0 Å². The van der Waals surface area contributed by atoms with E-state index in [1.807, 2.05) is 4.90 Å². The van der Waals surface area contributed by atoms with Crippen LogP contribution in [0.5, 0.6) is 0 Å². The van der Waals surface area contributed by atoms with Gasteiger partial charge < -0.3 is 14.9 Å². The summed E-state index contributed by atoms with van der Waals surface area (Å²) in [6.45, 7) is 6.00. The van der Waals surface area contributed by atoms with E-state index in [1.165, 1.54) is 0 Å². The Morgan fingerprint density at radius 2 is 1.53 bits per heavy atom. The van der Waals surface area contributed by atoms with Crippen LogP contribution >= 0.6 is 0 Å². The smallest absolute Gasteiger partial charge is 0.248 e.